The van der Waals surface area contributed by atoms with Crippen molar-refractivity contribution in [1.29, 1.82) is 0 Å². The lowest BCUT2D eigenvalue weighted by molar-refractivity contribution is -0.195. The highest BCUT2D eigenvalue weighted by Crippen LogP contribution is 2.38. The molecule has 12 nitrogen and oxygen atoms in total. The first-order valence-electron chi connectivity index (χ1n) is 19.5. The maximum absolute atomic E-state index is 14.1. The third-order valence-electron chi connectivity index (χ3n) is 11.2. The molecule has 55 heavy (non-hydrogen) atoms. The van der Waals surface area contributed by atoms with Crippen LogP contribution in [0.15, 0.2) is 54.2 Å². The van der Waals surface area contributed by atoms with Crippen LogP contribution in [0, 0.1) is 23.7 Å². The molecule has 0 radical (unpaired) electrons. The molecule has 1 amide bonds. The third-order valence-corrected chi connectivity index (χ3v) is 11.2. The van der Waals surface area contributed by atoms with E-state index in [0.717, 1.165) is 11.1 Å². The molecule has 1 aliphatic carbocycles. The first-order valence-corrected chi connectivity index (χ1v) is 19.5. The van der Waals surface area contributed by atoms with Crippen LogP contribution < -0.4 is 9.47 Å². The number of nitrogens with zero attached hydrogens (tertiary/aromatic N) is 1. The number of rotatable bonds is 12. The topological polar surface area (TPSA) is 147 Å². The van der Waals surface area contributed by atoms with Crippen LogP contribution in [0.2, 0.25) is 0 Å². The average molecular weight is 768 g/mol. The van der Waals surface area contributed by atoms with Crippen molar-refractivity contribution in [2.24, 2.45) is 23.7 Å². The summed E-state index contributed by atoms with van der Waals surface area (Å²) in [4.78, 5) is 56.9. The van der Waals surface area contributed by atoms with Crippen LogP contribution in [-0.4, -0.2) is 112 Å². The van der Waals surface area contributed by atoms with Gasteiger partial charge in [-0.2, -0.15) is 0 Å². The van der Waals surface area contributed by atoms with Gasteiger partial charge >= 0.3 is 5.97 Å². The highest BCUT2D eigenvalue weighted by molar-refractivity contribution is 6.38. The minimum Gasteiger partial charge on any atom is -0.493 e. The number of esters is 1. The number of carbonyl (C=O) groups excluding carboxylic acids is 4. The number of piperidine rings is 1. The molecular formula is C43H61NO11. The van der Waals surface area contributed by atoms with Gasteiger partial charge in [0.1, 0.15) is 12.1 Å². The van der Waals surface area contributed by atoms with E-state index >= 15 is 0 Å². The van der Waals surface area contributed by atoms with E-state index in [-0.39, 0.29) is 37.2 Å². The number of hydrogen-bond donors (Lipinski definition) is 1. The van der Waals surface area contributed by atoms with E-state index in [9.17, 15) is 24.3 Å². The average Bonchev–Trinajstić information content (AvgIpc) is 3.19. The Labute approximate surface area is 326 Å². The van der Waals surface area contributed by atoms with Crippen LogP contribution in [0.1, 0.15) is 71.8 Å². The van der Waals surface area contributed by atoms with Crippen molar-refractivity contribution in [3.8, 4) is 11.5 Å². The highest BCUT2D eigenvalue weighted by atomic mass is 16.5. The van der Waals surface area contributed by atoms with Crippen molar-refractivity contribution < 1.29 is 52.7 Å². The minimum absolute atomic E-state index is 0.116. The number of ether oxygens (including phenoxy) is 6. The Balaban J connectivity index is 1.52. The van der Waals surface area contributed by atoms with Crippen LogP contribution in [0.4, 0.5) is 0 Å². The standard InChI is InChI=1S/C43H61NO11/c1-26-15-10-9-11-16-27(2)39(52-7)35(40(53-8)36(45)28(3)23-26)34-24-29(4)37(46)41(55-34)38(47)42(48)44-21-13-12-18-31(44)43(49)54-22-14-17-30-19-20-32(50-5)33(25-30)51-6/h9-11,15-16,19-20,25-26,28-29,31,34-35,37,39-41,46H,12-14,17-18,21-24H2,1-8H3/b11-9+,15-10-,27-16+/t26-,28+,29?,31?,34+,35?,37-,39+,40?,41-/m1/s1. The fourth-order valence-corrected chi connectivity index (χ4v) is 8.17. The summed E-state index contributed by atoms with van der Waals surface area (Å²) in [5.41, 5.74) is 1.80. The number of Topliss-reactive ketones (excluding diaryl/α,β-unsaturated/α-hetero) is 2. The zero-order valence-corrected chi connectivity index (χ0v) is 33.7. The molecule has 10 atom stereocenters. The molecule has 1 N–H and O–H groups in total. The van der Waals surface area contributed by atoms with Gasteiger partial charge < -0.3 is 38.4 Å². The van der Waals surface area contributed by atoms with E-state index < -0.39 is 66.1 Å². The fourth-order valence-electron chi connectivity index (χ4n) is 8.17. The Morgan fingerprint density at radius 1 is 0.927 bits per heavy atom. The van der Waals surface area contributed by atoms with Crippen molar-refractivity contribution >= 4 is 23.4 Å². The third kappa shape index (κ3) is 10.9. The Kier molecular flexibility index (Phi) is 16.7. The molecule has 0 aromatic heterocycles. The number of likely N-dealkylation sites (tertiary alicyclic amines) is 1. The second-order valence-electron chi connectivity index (χ2n) is 15.2. The lowest BCUT2D eigenvalue weighted by Crippen LogP contribution is -2.59. The Morgan fingerprint density at radius 3 is 2.35 bits per heavy atom. The van der Waals surface area contributed by atoms with Crippen LogP contribution in [-0.2, 0) is 44.5 Å². The SMILES string of the molecule is COc1ccc(CCCOC(=O)C2CCCCN2C(=O)C(=O)[C@@H]2O[C@H](C3C(OC)C(=O)[C@@H](C)C[C@H](C)\C=C/C=C/C=C(\C)[C@@H]3OC)CC(C)[C@H]2O)cc1OC. The number of benzene rings is 1. The minimum atomic E-state index is -1.53. The molecule has 1 aromatic rings. The number of carbonyl (C=O) groups is 4. The lowest BCUT2D eigenvalue weighted by Gasteiger charge is -2.45. The zero-order chi connectivity index (χ0) is 40.2. The molecule has 0 saturated carbocycles. The van der Waals surface area contributed by atoms with Crippen LogP contribution in [0.5, 0.6) is 11.5 Å². The van der Waals surface area contributed by atoms with E-state index in [0.29, 0.717) is 50.0 Å². The maximum Gasteiger partial charge on any atom is 0.328 e. The number of ketones is 2. The largest absolute Gasteiger partial charge is 0.493 e. The number of allylic oxidation sites excluding steroid dienone is 5. The monoisotopic (exact) mass is 767 g/mol. The summed E-state index contributed by atoms with van der Waals surface area (Å²) in [6, 6.07) is 4.68. The van der Waals surface area contributed by atoms with Gasteiger partial charge in [0.25, 0.3) is 11.7 Å². The Morgan fingerprint density at radius 2 is 1.65 bits per heavy atom. The quantitative estimate of drug-likeness (QED) is 0.169. The van der Waals surface area contributed by atoms with Crippen molar-refractivity contribution in [3.05, 3.63) is 59.7 Å². The van der Waals surface area contributed by atoms with Crippen molar-refractivity contribution in [1.82, 2.24) is 4.90 Å². The van der Waals surface area contributed by atoms with Crippen LogP contribution in [0.25, 0.3) is 0 Å². The van der Waals surface area contributed by atoms with Crippen LogP contribution >= 0.6 is 0 Å². The second kappa shape index (κ2) is 20.9. The zero-order valence-electron chi connectivity index (χ0n) is 33.7. The number of aryl methyl sites for hydroxylation is 1. The summed E-state index contributed by atoms with van der Waals surface area (Å²) in [7, 11) is 6.18. The summed E-state index contributed by atoms with van der Waals surface area (Å²) in [5, 5.41) is 11.4. The van der Waals surface area contributed by atoms with E-state index in [1.165, 1.54) is 12.0 Å². The molecule has 2 saturated heterocycles. The predicted octanol–water partition coefficient (Wildman–Crippen LogP) is 5.23. The molecule has 12 heteroatoms. The van der Waals surface area contributed by atoms with Gasteiger partial charge in [0.05, 0.1) is 39.1 Å². The summed E-state index contributed by atoms with van der Waals surface area (Å²) >= 11 is 0. The molecule has 2 fully saturated rings. The molecule has 4 unspecified atom stereocenters. The van der Waals surface area contributed by atoms with E-state index in [1.54, 1.807) is 28.3 Å². The number of methoxy groups -OCH3 is 4. The summed E-state index contributed by atoms with van der Waals surface area (Å²) in [6.07, 6.45) is 8.23. The van der Waals surface area contributed by atoms with E-state index in [2.05, 4.69) is 13.0 Å². The van der Waals surface area contributed by atoms with E-state index in [4.69, 9.17) is 28.4 Å². The van der Waals surface area contributed by atoms with Gasteiger partial charge in [0.15, 0.2) is 23.4 Å². The van der Waals surface area contributed by atoms with Gasteiger partial charge in [0.2, 0.25) is 0 Å². The van der Waals surface area contributed by atoms with Gasteiger partial charge in [-0.05, 0) is 87.0 Å². The van der Waals surface area contributed by atoms with Crippen LogP contribution in [0.3, 0.4) is 0 Å². The molecule has 2 heterocycles. The molecule has 0 bridgehead atoms. The second-order valence-corrected chi connectivity index (χ2v) is 15.2. The molecule has 3 aliphatic rings. The van der Waals surface area contributed by atoms with Gasteiger partial charge in [-0.1, -0.05) is 57.2 Å². The highest BCUT2D eigenvalue weighted by Gasteiger charge is 2.51. The summed E-state index contributed by atoms with van der Waals surface area (Å²) in [5.74, 6) is -2.72. The molecular weight excluding hydrogens is 706 g/mol. The first-order chi connectivity index (χ1) is 26.4. The Hall–Kier alpha value is -3.84. The van der Waals surface area contributed by atoms with Crippen molar-refractivity contribution in [3.63, 3.8) is 0 Å². The smallest absolute Gasteiger partial charge is 0.328 e. The molecule has 304 valence electrons. The van der Waals surface area contributed by atoms with Crippen molar-refractivity contribution in [2.75, 3.05) is 41.6 Å². The van der Waals surface area contributed by atoms with Gasteiger partial charge in [-0.15, -0.1) is 0 Å². The predicted molar refractivity (Wildman–Crippen MR) is 207 cm³/mol. The number of aliphatic hydroxyl groups excluding tert-OH is 1. The molecule has 1 aromatic carbocycles. The van der Waals surface area contributed by atoms with E-state index in [1.807, 2.05) is 56.4 Å². The molecule has 2 aliphatic heterocycles. The molecule has 0 spiro atoms. The van der Waals surface area contributed by atoms with Gasteiger partial charge in [-0.25, -0.2) is 4.79 Å². The van der Waals surface area contributed by atoms with Gasteiger partial charge in [0, 0.05) is 32.6 Å². The number of hydrogen-bond acceptors (Lipinski definition) is 11. The lowest BCUT2D eigenvalue weighted by atomic mass is 9.75. The van der Waals surface area contributed by atoms with Gasteiger partial charge in [-0.3, -0.25) is 14.4 Å². The first kappa shape index (κ1) is 43.9. The van der Waals surface area contributed by atoms with Crippen molar-refractivity contribution in [2.45, 2.75) is 109 Å². The Bertz CT molecular complexity index is 1570. The number of aliphatic hydroxyl groups is 1. The fraction of sp³-hybridized carbons (Fsp3) is 0.628. The summed E-state index contributed by atoms with van der Waals surface area (Å²) in [6.45, 7) is 7.95. The normalized spacial score (nSPS) is 32.8. The summed E-state index contributed by atoms with van der Waals surface area (Å²) < 4.78 is 34.8. The number of amides is 1. The molecule has 4 rings (SSSR count). The maximum atomic E-state index is 14.1.